The monoisotopic (exact) mass is 438 g/mol. The molecule has 156 valence electrons. The quantitative estimate of drug-likeness (QED) is 0.501. The molecule has 2 aromatic carbocycles. The van der Waals surface area contributed by atoms with E-state index in [1.807, 2.05) is 0 Å². The van der Waals surface area contributed by atoms with Crippen molar-refractivity contribution in [2.75, 3.05) is 5.32 Å². The third-order valence-electron chi connectivity index (χ3n) is 4.55. The van der Waals surface area contributed by atoms with Gasteiger partial charge in [0.05, 0.1) is 0 Å². The molecule has 0 saturated heterocycles. The highest BCUT2D eigenvalue weighted by Gasteiger charge is 2.16. The summed E-state index contributed by atoms with van der Waals surface area (Å²) in [6.07, 6.45) is 1.47. The van der Waals surface area contributed by atoms with Crippen LogP contribution < -0.4 is 10.9 Å². The van der Waals surface area contributed by atoms with Crippen LogP contribution in [-0.4, -0.2) is 20.6 Å². The fourth-order valence-corrected chi connectivity index (χ4v) is 3.03. The van der Waals surface area contributed by atoms with Crippen molar-refractivity contribution >= 4 is 23.2 Å². The van der Waals surface area contributed by atoms with Crippen LogP contribution in [-0.2, 0) is 11.3 Å². The van der Waals surface area contributed by atoms with E-state index in [4.69, 9.17) is 16.1 Å². The number of anilines is 1. The Labute approximate surface area is 181 Å². The second-order valence-electron chi connectivity index (χ2n) is 6.80. The Bertz CT molecular complexity index is 1320. The van der Waals surface area contributed by atoms with Gasteiger partial charge in [-0.15, -0.1) is 0 Å². The summed E-state index contributed by atoms with van der Waals surface area (Å²) in [7, 11) is 0. The summed E-state index contributed by atoms with van der Waals surface area (Å²) in [6, 6.07) is 14.4. The molecule has 0 aliphatic heterocycles. The number of benzene rings is 2. The van der Waals surface area contributed by atoms with Crippen LogP contribution in [0.5, 0.6) is 0 Å². The number of carbonyl (C=O) groups excluding carboxylic acids is 1. The van der Waals surface area contributed by atoms with Gasteiger partial charge in [0.1, 0.15) is 17.9 Å². The zero-order valence-corrected chi connectivity index (χ0v) is 17.1. The van der Waals surface area contributed by atoms with Gasteiger partial charge in [-0.2, -0.15) is 4.98 Å². The molecule has 2 aromatic heterocycles. The standard InChI is InChI=1S/C22H16ClFN4O3/c1-13-4-9-16(11-18(13)24)25-19(29)12-28-10-2-3-17(22(28)30)21-26-20(27-31-21)14-5-7-15(23)8-6-14/h2-11H,12H2,1H3,(H,25,29). The fraction of sp³-hybridized carbons (Fsp3) is 0.0909. The molecule has 0 aliphatic carbocycles. The van der Waals surface area contributed by atoms with Gasteiger partial charge >= 0.3 is 0 Å². The SMILES string of the molecule is Cc1ccc(NC(=O)Cn2cccc(-c3nc(-c4ccc(Cl)cc4)no3)c2=O)cc1F. The van der Waals surface area contributed by atoms with E-state index >= 15 is 0 Å². The van der Waals surface area contributed by atoms with Gasteiger partial charge in [-0.05, 0) is 61.0 Å². The van der Waals surface area contributed by atoms with E-state index in [0.29, 0.717) is 27.7 Å². The normalized spacial score (nSPS) is 10.8. The van der Waals surface area contributed by atoms with Gasteiger partial charge < -0.3 is 14.4 Å². The van der Waals surface area contributed by atoms with Crippen molar-refractivity contribution in [1.82, 2.24) is 14.7 Å². The number of nitrogens with zero attached hydrogens (tertiary/aromatic N) is 3. The van der Waals surface area contributed by atoms with E-state index in [1.165, 1.54) is 22.9 Å². The molecular formula is C22H16ClFN4O3. The number of aryl methyl sites for hydroxylation is 1. The number of hydrogen-bond donors (Lipinski definition) is 1. The Kier molecular flexibility index (Phi) is 5.64. The molecule has 1 amide bonds. The molecule has 0 fully saturated rings. The first-order valence-electron chi connectivity index (χ1n) is 9.26. The predicted octanol–water partition coefficient (Wildman–Crippen LogP) is 4.30. The van der Waals surface area contributed by atoms with Crippen LogP contribution in [0.25, 0.3) is 22.8 Å². The highest BCUT2D eigenvalue weighted by Crippen LogP contribution is 2.21. The fourth-order valence-electron chi connectivity index (χ4n) is 2.90. The number of amides is 1. The molecule has 9 heteroatoms. The van der Waals surface area contributed by atoms with E-state index in [2.05, 4.69) is 15.5 Å². The number of rotatable bonds is 5. The van der Waals surface area contributed by atoms with Crippen molar-refractivity contribution in [3.05, 3.63) is 87.6 Å². The number of pyridine rings is 1. The molecule has 7 nitrogen and oxygen atoms in total. The third kappa shape index (κ3) is 4.54. The molecular weight excluding hydrogens is 423 g/mol. The molecule has 0 unspecified atom stereocenters. The molecule has 0 atom stereocenters. The minimum atomic E-state index is -0.477. The van der Waals surface area contributed by atoms with Crippen molar-refractivity contribution in [1.29, 1.82) is 0 Å². The second-order valence-corrected chi connectivity index (χ2v) is 7.23. The molecule has 0 radical (unpaired) electrons. The number of halogens is 2. The molecule has 1 N–H and O–H groups in total. The molecule has 0 saturated carbocycles. The Balaban J connectivity index is 1.54. The second kappa shape index (κ2) is 8.53. The van der Waals surface area contributed by atoms with Gasteiger partial charge in [-0.25, -0.2) is 4.39 Å². The van der Waals surface area contributed by atoms with Gasteiger partial charge in [0.15, 0.2) is 0 Å². The van der Waals surface area contributed by atoms with Crippen molar-refractivity contribution in [3.63, 3.8) is 0 Å². The van der Waals surface area contributed by atoms with Crippen molar-refractivity contribution in [2.24, 2.45) is 0 Å². The van der Waals surface area contributed by atoms with Crippen LogP contribution in [0.3, 0.4) is 0 Å². The number of nitrogens with one attached hydrogen (secondary N) is 1. The smallest absolute Gasteiger partial charge is 0.263 e. The molecule has 4 rings (SSSR count). The number of hydrogen-bond acceptors (Lipinski definition) is 5. The predicted molar refractivity (Wildman–Crippen MR) is 114 cm³/mol. The average molecular weight is 439 g/mol. The maximum atomic E-state index is 13.7. The lowest BCUT2D eigenvalue weighted by atomic mass is 10.2. The van der Waals surface area contributed by atoms with Crippen molar-refractivity contribution < 1.29 is 13.7 Å². The molecule has 31 heavy (non-hydrogen) atoms. The van der Waals surface area contributed by atoms with Gasteiger partial charge in [0.2, 0.25) is 11.7 Å². The Morgan fingerprint density at radius 1 is 1.19 bits per heavy atom. The first-order valence-corrected chi connectivity index (χ1v) is 9.64. The molecule has 2 heterocycles. The Hall–Kier alpha value is -3.78. The maximum absolute atomic E-state index is 13.7. The van der Waals surface area contributed by atoms with Crippen LogP contribution >= 0.6 is 11.6 Å². The first-order chi connectivity index (χ1) is 14.9. The topological polar surface area (TPSA) is 90.0 Å². The van der Waals surface area contributed by atoms with Crippen molar-refractivity contribution in [3.8, 4) is 22.8 Å². The summed E-state index contributed by atoms with van der Waals surface area (Å²) in [5.74, 6) is -0.564. The van der Waals surface area contributed by atoms with Gasteiger partial charge in [0.25, 0.3) is 11.4 Å². The number of carbonyl (C=O) groups is 1. The number of aromatic nitrogens is 3. The van der Waals surface area contributed by atoms with Crippen molar-refractivity contribution in [2.45, 2.75) is 13.5 Å². The van der Waals surface area contributed by atoms with Gasteiger partial charge in [-0.1, -0.05) is 22.8 Å². The van der Waals surface area contributed by atoms with E-state index in [0.717, 1.165) is 0 Å². The Morgan fingerprint density at radius 3 is 2.71 bits per heavy atom. The summed E-state index contributed by atoms with van der Waals surface area (Å²) < 4.78 is 20.1. The highest BCUT2D eigenvalue weighted by atomic mass is 35.5. The molecule has 4 aromatic rings. The van der Waals surface area contributed by atoms with E-state index in [9.17, 15) is 14.0 Å². The summed E-state index contributed by atoms with van der Waals surface area (Å²) in [6.45, 7) is 1.36. The average Bonchev–Trinajstić information content (AvgIpc) is 3.23. The minimum Gasteiger partial charge on any atom is -0.333 e. The van der Waals surface area contributed by atoms with Gasteiger partial charge in [0, 0.05) is 22.5 Å². The first kappa shape index (κ1) is 20.5. The van der Waals surface area contributed by atoms with Crippen LogP contribution in [0.15, 0.2) is 70.1 Å². The van der Waals surface area contributed by atoms with Crippen LogP contribution in [0.1, 0.15) is 5.56 Å². The molecule has 0 aliphatic rings. The zero-order chi connectivity index (χ0) is 22.0. The summed E-state index contributed by atoms with van der Waals surface area (Å²) >= 11 is 5.89. The third-order valence-corrected chi connectivity index (χ3v) is 4.80. The Morgan fingerprint density at radius 2 is 1.97 bits per heavy atom. The summed E-state index contributed by atoms with van der Waals surface area (Å²) in [5.41, 5.74) is 1.14. The largest absolute Gasteiger partial charge is 0.333 e. The van der Waals surface area contributed by atoms with E-state index < -0.39 is 17.3 Å². The van der Waals surface area contributed by atoms with E-state index in [-0.39, 0.29) is 18.0 Å². The zero-order valence-electron chi connectivity index (χ0n) is 16.3. The minimum absolute atomic E-state index is 0.0327. The lowest BCUT2D eigenvalue weighted by molar-refractivity contribution is -0.116. The van der Waals surface area contributed by atoms with Crippen LogP contribution in [0.4, 0.5) is 10.1 Å². The van der Waals surface area contributed by atoms with Crippen LogP contribution in [0.2, 0.25) is 5.02 Å². The summed E-state index contributed by atoms with van der Waals surface area (Å²) in [4.78, 5) is 29.4. The van der Waals surface area contributed by atoms with Gasteiger partial charge in [-0.3, -0.25) is 9.59 Å². The highest BCUT2D eigenvalue weighted by molar-refractivity contribution is 6.30. The summed E-state index contributed by atoms with van der Waals surface area (Å²) in [5, 5.41) is 7.05. The maximum Gasteiger partial charge on any atom is 0.263 e. The van der Waals surface area contributed by atoms with Crippen LogP contribution in [0, 0.1) is 12.7 Å². The lowest BCUT2D eigenvalue weighted by Gasteiger charge is -2.08. The lowest BCUT2D eigenvalue weighted by Crippen LogP contribution is -2.28. The van der Waals surface area contributed by atoms with E-state index in [1.54, 1.807) is 49.4 Å². The molecule has 0 spiro atoms. The molecule has 0 bridgehead atoms.